The number of ether oxygens (including phenoxy) is 1. The van der Waals surface area contributed by atoms with Crippen molar-refractivity contribution in [2.24, 2.45) is 0 Å². The molecule has 31 heavy (non-hydrogen) atoms. The normalized spacial score (nSPS) is 14.3. The lowest BCUT2D eigenvalue weighted by molar-refractivity contribution is 0.0948. The van der Waals surface area contributed by atoms with Gasteiger partial charge in [-0.3, -0.25) is 14.5 Å². The zero-order valence-electron chi connectivity index (χ0n) is 18.3. The summed E-state index contributed by atoms with van der Waals surface area (Å²) in [4.78, 5) is 29.0. The standard InChI is InChI=1S/C24H31N3O4/c1-3-21(28)18-8-6-9-19(23(18)29)24(30)25-12-7-13-26-14-16-27(17-15-26)20-10-4-5-11-22(20)31-2/h4-6,8-11,29H,3,7,12-17H2,1-2H3,(H,25,30). The number of para-hydroxylation sites is 3. The van der Waals surface area contributed by atoms with E-state index in [4.69, 9.17) is 4.74 Å². The Hall–Kier alpha value is -3.06. The largest absolute Gasteiger partial charge is 0.506 e. The van der Waals surface area contributed by atoms with Gasteiger partial charge in [-0.1, -0.05) is 25.1 Å². The Balaban J connectivity index is 1.43. The molecule has 1 amide bonds. The van der Waals surface area contributed by atoms with Crippen LogP contribution in [0.1, 0.15) is 40.5 Å². The number of methoxy groups -OCH3 is 1. The number of hydrogen-bond acceptors (Lipinski definition) is 6. The van der Waals surface area contributed by atoms with Gasteiger partial charge in [-0.15, -0.1) is 0 Å². The average Bonchev–Trinajstić information content (AvgIpc) is 2.81. The highest BCUT2D eigenvalue weighted by atomic mass is 16.5. The monoisotopic (exact) mass is 425 g/mol. The highest BCUT2D eigenvalue weighted by molar-refractivity contribution is 6.04. The molecule has 3 rings (SSSR count). The van der Waals surface area contributed by atoms with E-state index in [1.54, 1.807) is 26.2 Å². The molecule has 1 fully saturated rings. The van der Waals surface area contributed by atoms with E-state index in [9.17, 15) is 14.7 Å². The van der Waals surface area contributed by atoms with Gasteiger partial charge in [0.15, 0.2) is 5.78 Å². The predicted molar refractivity (Wildman–Crippen MR) is 121 cm³/mol. The van der Waals surface area contributed by atoms with Gasteiger partial charge in [0.05, 0.1) is 23.9 Å². The van der Waals surface area contributed by atoms with Crippen LogP contribution in [0.15, 0.2) is 42.5 Å². The molecule has 2 aromatic rings. The maximum Gasteiger partial charge on any atom is 0.255 e. The minimum Gasteiger partial charge on any atom is -0.506 e. The number of phenols is 1. The SMILES string of the molecule is CCC(=O)c1cccc(C(=O)NCCCN2CCN(c3ccccc3OC)CC2)c1O. The Morgan fingerprint density at radius 3 is 2.45 bits per heavy atom. The number of ketones is 1. The van der Waals surface area contributed by atoms with Crippen LogP contribution in [0.2, 0.25) is 0 Å². The number of nitrogens with zero attached hydrogens (tertiary/aromatic N) is 2. The van der Waals surface area contributed by atoms with E-state index in [1.807, 2.05) is 18.2 Å². The third kappa shape index (κ3) is 5.55. The lowest BCUT2D eigenvalue weighted by Crippen LogP contribution is -2.47. The molecule has 0 atom stereocenters. The minimum atomic E-state index is -0.357. The van der Waals surface area contributed by atoms with E-state index in [2.05, 4.69) is 21.2 Å². The summed E-state index contributed by atoms with van der Waals surface area (Å²) in [5, 5.41) is 13.1. The summed E-state index contributed by atoms with van der Waals surface area (Å²) in [6.45, 7) is 6.89. The Labute approximate surface area is 183 Å². The topological polar surface area (TPSA) is 82.1 Å². The van der Waals surface area contributed by atoms with E-state index < -0.39 is 0 Å². The Morgan fingerprint density at radius 1 is 1.03 bits per heavy atom. The van der Waals surface area contributed by atoms with Crippen LogP contribution < -0.4 is 15.0 Å². The lowest BCUT2D eigenvalue weighted by Gasteiger charge is -2.36. The fraction of sp³-hybridized carbons (Fsp3) is 0.417. The summed E-state index contributed by atoms with van der Waals surface area (Å²) in [5.74, 6) is 0.120. The van der Waals surface area contributed by atoms with Crippen LogP contribution >= 0.6 is 0 Å². The van der Waals surface area contributed by atoms with Crippen LogP contribution in [0.5, 0.6) is 11.5 Å². The summed E-state index contributed by atoms with van der Waals surface area (Å²) < 4.78 is 5.47. The lowest BCUT2D eigenvalue weighted by atomic mass is 10.0. The molecule has 0 bridgehead atoms. The molecule has 0 unspecified atom stereocenters. The van der Waals surface area contributed by atoms with Crippen molar-refractivity contribution in [2.45, 2.75) is 19.8 Å². The number of nitrogens with one attached hydrogen (secondary N) is 1. The molecule has 1 aliphatic rings. The van der Waals surface area contributed by atoms with Crippen LogP contribution in [0.3, 0.4) is 0 Å². The van der Waals surface area contributed by atoms with Crippen molar-refractivity contribution in [1.29, 1.82) is 0 Å². The van der Waals surface area contributed by atoms with Crippen LogP contribution in [-0.4, -0.2) is 68.1 Å². The number of carbonyl (C=O) groups excluding carboxylic acids is 2. The first kappa shape index (κ1) is 22.6. The van der Waals surface area contributed by atoms with Crippen molar-refractivity contribution in [3.63, 3.8) is 0 Å². The van der Waals surface area contributed by atoms with Gasteiger partial charge in [-0.25, -0.2) is 0 Å². The molecule has 7 nitrogen and oxygen atoms in total. The van der Waals surface area contributed by atoms with Crippen molar-refractivity contribution in [3.05, 3.63) is 53.6 Å². The van der Waals surface area contributed by atoms with Gasteiger partial charge in [0.25, 0.3) is 5.91 Å². The van der Waals surface area contributed by atoms with E-state index in [0.29, 0.717) is 6.54 Å². The molecule has 7 heteroatoms. The second-order valence-corrected chi connectivity index (χ2v) is 7.59. The summed E-state index contributed by atoms with van der Waals surface area (Å²) in [6.07, 6.45) is 1.09. The zero-order valence-corrected chi connectivity index (χ0v) is 18.3. The molecule has 1 heterocycles. The van der Waals surface area contributed by atoms with Crippen molar-refractivity contribution in [3.8, 4) is 11.5 Å². The minimum absolute atomic E-state index is 0.143. The molecule has 2 N–H and O–H groups in total. The number of hydrogen-bond donors (Lipinski definition) is 2. The first-order valence-electron chi connectivity index (χ1n) is 10.8. The average molecular weight is 426 g/mol. The van der Waals surface area contributed by atoms with Crippen molar-refractivity contribution < 1.29 is 19.4 Å². The number of aromatic hydroxyl groups is 1. The van der Waals surface area contributed by atoms with Crippen LogP contribution in [-0.2, 0) is 0 Å². The molecule has 1 aliphatic heterocycles. The Bertz CT molecular complexity index is 907. The fourth-order valence-corrected chi connectivity index (χ4v) is 3.85. The summed E-state index contributed by atoms with van der Waals surface area (Å²) in [7, 11) is 1.70. The molecule has 0 saturated carbocycles. The van der Waals surface area contributed by atoms with Gasteiger partial charge in [0.2, 0.25) is 0 Å². The fourth-order valence-electron chi connectivity index (χ4n) is 3.85. The molecule has 0 spiro atoms. The Kier molecular flexibility index (Phi) is 7.89. The van der Waals surface area contributed by atoms with Crippen molar-refractivity contribution >= 4 is 17.4 Å². The van der Waals surface area contributed by atoms with Gasteiger partial charge in [-0.2, -0.15) is 0 Å². The third-order valence-corrected chi connectivity index (χ3v) is 5.64. The summed E-state index contributed by atoms with van der Waals surface area (Å²) in [6, 6.07) is 12.8. The number of phenolic OH excluding ortho intramolecular Hbond substituents is 1. The van der Waals surface area contributed by atoms with Gasteiger partial charge in [0, 0.05) is 39.1 Å². The molecular formula is C24H31N3O4. The number of rotatable bonds is 9. The quantitative estimate of drug-likeness (QED) is 0.475. The van der Waals surface area contributed by atoms with E-state index in [1.165, 1.54) is 6.07 Å². The maximum absolute atomic E-state index is 12.4. The molecule has 0 radical (unpaired) electrons. The van der Waals surface area contributed by atoms with E-state index in [-0.39, 0.29) is 35.0 Å². The van der Waals surface area contributed by atoms with Gasteiger partial charge in [-0.05, 0) is 37.2 Å². The second kappa shape index (κ2) is 10.8. The second-order valence-electron chi connectivity index (χ2n) is 7.59. The summed E-state index contributed by atoms with van der Waals surface area (Å²) >= 11 is 0. The van der Waals surface area contributed by atoms with Crippen LogP contribution in [0.4, 0.5) is 5.69 Å². The van der Waals surface area contributed by atoms with Crippen LogP contribution in [0.25, 0.3) is 0 Å². The number of anilines is 1. The maximum atomic E-state index is 12.4. The van der Waals surface area contributed by atoms with E-state index in [0.717, 1.165) is 50.6 Å². The first-order chi connectivity index (χ1) is 15.0. The third-order valence-electron chi connectivity index (χ3n) is 5.64. The first-order valence-corrected chi connectivity index (χ1v) is 10.8. The van der Waals surface area contributed by atoms with Crippen LogP contribution in [0, 0.1) is 0 Å². The van der Waals surface area contributed by atoms with Gasteiger partial charge in [0.1, 0.15) is 11.5 Å². The van der Waals surface area contributed by atoms with Crippen molar-refractivity contribution in [2.75, 3.05) is 51.3 Å². The highest BCUT2D eigenvalue weighted by Crippen LogP contribution is 2.28. The number of amides is 1. The highest BCUT2D eigenvalue weighted by Gasteiger charge is 2.20. The molecule has 0 aromatic heterocycles. The molecule has 1 saturated heterocycles. The molecule has 2 aromatic carbocycles. The predicted octanol–water partition coefficient (Wildman–Crippen LogP) is 2.94. The van der Waals surface area contributed by atoms with Gasteiger partial charge >= 0.3 is 0 Å². The van der Waals surface area contributed by atoms with Crippen molar-refractivity contribution in [1.82, 2.24) is 10.2 Å². The molecule has 166 valence electrons. The smallest absolute Gasteiger partial charge is 0.255 e. The Morgan fingerprint density at radius 2 is 1.74 bits per heavy atom. The number of piperazine rings is 1. The number of carbonyl (C=O) groups is 2. The number of benzene rings is 2. The number of Topliss-reactive ketones (excluding diaryl/α,β-unsaturated/α-hetero) is 1. The zero-order chi connectivity index (χ0) is 22.2. The molecule has 0 aliphatic carbocycles. The summed E-state index contributed by atoms with van der Waals surface area (Å²) in [5.41, 5.74) is 1.47. The van der Waals surface area contributed by atoms with Gasteiger partial charge < -0.3 is 20.1 Å². The molecular weight excluding hydrogens is 394 g/mol. The van der Waals surface area contributed by atoms with E-state index >= 15 is 0 Å².